The molecule has 144 valence electrons. The summed E-state index contributed by atoms with van der Waals surface area (Å²) < 4.78 is 11.0. The number of nitrogens with zero attached hydrogens (tertiary/aromatic N) is 2. The van der Waals surface area contributed by atoms with Gasteiger partial charge in [-0.15, -0.1) is 24.0 Å². The number of nitrogens with one attached hydrogen (secondary N) is 1. The van der Waals surface area contributed by atoms with Crippen LogP contribution in [0.3, 0.4) is 0 Å². The highest BCUT2D eigenvalue weighted by atomic mass is 127. The van der Waals surface area contributed by atoms with E-state index >= 15 is 0 Å². The molecule has 1 aliphatic rings. The quantitative estimate of drug-likeness (QED) is 0.267. The zero-order valence-corrected chi connectivity index (χ0v) is 18.7. The molecule has 1 fully saturated rings. The lowest BCUT2D eigenvalue weighted by Crippen LogP contribution is -2.47. The average molecular weight is 481 g/mol. The summed E-state index contributed by atoms with van der Waals surface area (Å²) in [6.45, 7) is 6.74. The predicted octanol–water partition coefficient (Wildman–Crippen LogP) is 3.56. The van der Waals surface area contributed by atoms with Crippen LogP contribution in [0.4, 0.5) is 0 Å². The molecule has 1 N–H and O–H groups in total. The van der Waals surface area contributed by atoms with E-state index in [2.05, 4.69) is 39.0 Å². The Kier molecular flexibility index (Phi) is 11.7. The number of ether oxygens (including phenoxy) is 2. The molecule has 0 spiro atoms. The van der Waals surface area contributed by atoms with Crippen LogP contribution in [-0.2, 0) is 9.47 Å². The summed E-state index contributed by atoms with van der Waals surface area (Å²) in [5.41, 5.74) is 1.39. The van der Waals surface area contributed by atoms with Crippen LogP contribution in [-0.4, -0.2) is 64.0 Å². The fourth-order valence-electron chi connectivity index (χ4n) is 2.94. The molecule has 1 atom stereocenters. The van der Waals surface area contributed by atoms with Gasteiger partial charge >= 0.3 is 0 Å². The summed E-state index contributed by atoms with van der Waals surface area (Å²) in [7, 11) is 3.60. The first-order valence-electron chi connectivity index (χ1n) is 8.82. The van der Waals surface area contributed by atoms with E-state index in [1.165, 1.54) is 5.56 Å². The molecule has 25 heavy (non-hydrogen) atoms. The van der Waals surface area contributed by atoms with Gasteiger partial charge in [0.25, 0.3) is 0 Å². The third kappa shape index (κ3) is 7.80. The largest absolute Gasteiger partial charge is 0.385 e. The molecule has 7 heteroatoms. The molecule has 1 unspecified atom stereocenters. The van der Waals surface area contributed by atoms with Crippen LogP contribution in [0.25, 0.3) is 0 Å². The Labute approximate surface area is 173 Å². The standard InChI is InChI=1S/C18H31N3O2S.HI/c1-15(16-7-12-24-14-16)13-20-18(19-2)21-8-5-17(6-9-21)23-11-4-10-22-3;/h7,12,14-15,17H,4-6,8-11,13H2,1-3H3,(H,19,20);1H. The molecular formula is C18H32IN3O2S. The maximum Gasteiger partial charge on any atom is 0.193 e. The van der Waals surface area contributed by atoms with Gasteiger partial charge in [-0.05, 0) is 47.6 Å². The van der Waals surface area contributed by atoms with Crippen LogP contribution in [0.5, 0.6) is 0 Å². The van der Waals surface area contributed by atoms with Crippen molar-refractivity contribution < 1.29 is 9.47 Å². The second-order valence-electron chi connectivity index (χ2n) is 6.29. The fraction of sp³-hybridized carbons (Fsp3) is 0.722. The third-order valence-corrected chi connectivity index (χ3v) is 5.18. The molecule has 1 saturated heterocycles. The molecule has 5 nitrogen and oxygen atoms in total. The lowest BCUT2D eigenvalue weighted by atomic mass is 10.1. The number of rotatable bonds is 8. The number of hydrogen-bond acceptors (Lipinski definition) is 4. The van der Waals surface area contributed by atoms with Gasteiger partial charge in [-0.1, -0.05) is 6.92 Å². The number of thiophene rings is 1. The van der Waals surface area contributed by atoms with Gasteiger partial charge < -0.3 is 19.7 Å². The number of halogens is 1. The van der Waals surface area contributed by atoms with Gasteiger partial charge in [0.2, 0.25) is 0 Å². The Hall–Kier alpha value is -0.380. The van der Waals surface area contributed by atoms with E-state index in [0.717, 1.165) is 58.1 Å². The monoisotopic (exact) mass is 481 g/mol. The number of methoxy groups -OCH3 is 1. The first-order valence-corrected chi connectivity index (χ1v) is 9.77. The molecule has 1 aromatic heterocycles. The first-order chi connectivity index (χ1) is 11.7. The van der Waals surface area contributed by atoms with Gasteiger partial charge in [-0.2, -0.15) is 11.3 Å². The normalized spacial score (nSPS) is 17.2. The highest BCUT2D eigenvalue weighted by Crippen LogP contribution is 2.18. The Bertz CT molecular complexity index is 477. The van der Waals surface area contributed by atoms with Crippen molar-refractivity contribution in [2.45, 2.75) is 38.2 Å². The predicted molar refractivity (Wildman–Crippen MR) is 117 cm³/mol. The number of piperidine rings is 1. The van der Waals surface area contributed by atoms with Crippen LogP contribution in [0.1, 0.15) is 37.7 Å². The van der Waals surface area contributed by atoms with Crippen LogP contribution in [0.2, 0.25) is 0 Å². The van der Waals surface area contributed by atoms with Crippen LogP contribution in [0, 0.1) is 0 Å². The molecular weight excluding hydrogens is 449 g/mol. The summed E-state index contributed by atoms with van der Waals surface area (Å²) in [4.78, 5) is 6.80. The lowest BCUT2D eigenvalue weighted by molar-refractivity contribution is 0.00990. The van der Waals surface area contributed by atoms with Crippen molar-refractivity contribution in [3.63, 3.8) is 0 Å². The summed E-state index contributed by atoms with van der Waals surface area (Å²) in [6.07, 6.45) is 3.48. The fourth-order valence-corrected chi connectivity index (χ4v) is 3.72. The third-order valence-electron chi connectivity index (χ3n) is 4.48. The summed E-state index contributed by atoms with van der Waals surface area (Å²) in [5.74, 6) is 1.50. The minimum Gasteiger partial charge on any atom is -0.385 e. The van der Waals surface area contributed by atoms with Crippen molar-refractivity contribution in [1.29, 1.82) is 0 Å². The van der Waals surface area contributed by atoms with Crippen molar-refractivity contribution >= 4 is 41.3 Å². The van der Waals surface area contributed by atoms with Crippen LogP contribution < -0.4 is 5.32 Å². The van der Waals surface area contributed by atoms with Crippen LogP contribution in [0.15, 0.2) is 21.8 Å². The van der Waals surface area contributed by atoms with E-state index in [4.69, 9.17) is 9.47 Å². The van der Waals surface area contributed by atoms with Crippen molar-refractivity contribution in [2.75, 3.05) is 47.0 Å². The average Bonchev–Trinajstić information content (AvgIpc) is 3.15. The number of hydrogen-bond donors (Lipinski definition) is 1. The van der Waals surface area contributed by atoms with Gasteiger partial charge in [0.1, 0.15) is 0 Å². The molecule has 2 heterocycles. The topological polar surface area (TPSA) is 46.1 Å². The molecule has 0 aliphatic carbocycles. The second-order valence-corrected chi connectivity index (χ2v) is 7.07. The SMILES string of the molecule is CN=C(NCC(C)c1ccsc1)N1CCC(OCCCOC)CC1.I. The Balaban J connectivity index is 0.00000312. The highest BCUT2D eigenvalue weighted by Gasteiger charge is 2.22. The van der Waals surface area contributed by atoms with Crippen molar-refractivity contribution in [2.24, 2.45) is 4.99 Å². The molecule has 1 aliphatic heterocycles. The minimum absolute atomic E-state index is 0. The van der Waals surface area contributed by atoms with E-state index in [1.54, 1.807) is 18.4 Å². The maximum atomic E-state index is 5.93. The molecule has 0 amide bonds. The highest BCUT2D eigenvalue weighted by molar-refractivity contribution is 14.0. The molecule has 0 radical (unpaired) electrons. The van der Waals surface area contributed by atoms with Gasteiger partial charge in [0.15, 0.2) is 5.96 Å². The van der Waals surface area contributed by atoms with Crippen LogP contribution >= 0.6 is 35.3 Å². The first kappa shape index (κ1) is 22.7. The second kappa shape index (κ2) is 12.9. The zero-order chi connectivity index (χ0) is 17.2. The maximum absolute atomic E-state index is 5.93. The number of aliphatic imine (C=N–C) groups is 1. The number of guanidine groups is 1. The molecule has 1 aromatic rings. The van der Waals surface area contributed by atoms with E-state index in [-0.39, 0.29) is 24.0 Å². The van der Waals surface area contributed by atoms with E-state index < -0.39 is 0 Å². The summed E-state index contributed by atoms with van der Waals surface area (Å²) in [6, 6.07) is 2.20. The summed E-state index contributed by atoms with van der Waals surface area (Å²) >= 11 is 1.76. The van der Waals surface area contributed by atoms with E-state index in [9.17, 15) is 0 Å². The smallest absolute Gasteiger partial charge is 0.193 e. The minimum atomic E-state index is 0. The Morgan fingerprint density at radius 1 is 1.40 bits per heavy atom. The van der Waals surface area contributed by atoms with Crippen molar-refractivity contribution in [3.8, 4) is 0 Å². The van der Waals surface area contributed by atoms with Crippen molar-refractivity contribution in [1.82, 2.24) is 10.2 Å². The Morgan fingerprint density at radius 3 is 2.76 bits per heavy atom. The summed E-state index contributed by atoms with van der Waals surface area (Å²) in [5, 5.41) is 7.89. The molecule has 0 saturated carbocycles. The molecule has 2 rings (SSSR count). The number of likely N-dealkylation sites (tertiary alicyclic amines) is 1. The van der Waals surface area contributed by atoms with E-state index in [1.807, 2.05) is 7.05 Å². The van der Waals surface area contributed by atoms with E-state index in [0.29, 0.717) is 12.0 Å². The zero-order valence-electron chi connectivity index (χ0n) is 15.6. The lowest BCUT2D eigenvalue weighted by Gasteiger charge is -2.34. The van der Waals surface area contributed by atoms with Crippen molar-refractivity contribution in [3.05, 3.63) is 22.4 Å². The van der Waals surface area contributed by atoms with Gasteiger partial charge in [-0.3, -0.25) is 4.99 Å². The Morgan fingerprint density at radius 2 is 2.16 bits per heavy atom. The molecule has 0 aromatic carbocycles. The van der Waals surface area contributed by atoms with Gasteiger partial charge in [0, 0.05) is 47.0 Å². The molecule has 0 bridgehead atoms. The van der Waals surface area contributed by atoms with Gasteiger partial charge in [-0.25, -0.2) is 0 Å². The van der Waals surface area contributed by atoms with Gasteiger partial charge in [0.05, 0.1) is 6.10 Å².